The molecule has 0 aliphatic rings. The van der Waals surface area contributed by atoms with Gasteiger partial charge in [0.25, 0.3) is 0 Å². The van der Waals surface area contributed by atoms with E-state index in [2.05, 4.69) is 0 Å². The van der Waals surface area contributed by atoms with Crippen molar-refractivity contribution in [2.75, 3.05) is 6.61 Å². The average molecular weight is 257 g/mol. The highest BCUT2D eigenvalue weighted by Crippen LogP contribution is 2.36. The first-order chi connectivity index (χ1) is 8.34. The van der Waals surface area contributed by atoms with Crippen molar-refractivity contribution in [1.29, 1.82) is 5.26 Å². The van der Waals surface area contributed by atoms with E-state index in [1.54, 1.807) is 6.07 Å². The zero-order valence-corrected chi connectivity index (χ0v) is 9.54. The number of benzene rings is 1. The highest BCUT2D eigenvalue weighted by Gasteiger charge is 2.34. The normalized spacial score (nSPS) is 10.8. The smallest absolute Gasteiger partial charge is 0.420 e. The first-order valence-electron chi connectivity index (χ1n) is 5.08. The molecule has 0 aliphatic carbocycles. The molecule has 0 spiro atoms. The summed E-state index contributed by atoms with van der Waals surface area (Å²) in [4.78, 5) is 10.7. The maximum atomic E-state index is 12.7. The number of halogens is 3. The zero-order valence-electron chi connectivity index (χ0n) is 9.54. The molecule has 3 nitrogen and oxygen atoms in total. The van der Waals surface area contributed by atoms with Crippen LogP contribution in [-0.4, -0.2) is 12.4 Å². The molecule has 0 aliphatic heterocycles. The van der Waals surface area contributed by atoms with E-state index in [4.69, 9.17) is 10.00 Å². The molecule has 6 heteroatoms. The van der Waals surface area contributed by atoms with Crippen LogP contribution in [0, 0.1) is 11.3 Å². The van der Waals surface area contributed by atoms with Gasteiger partial charge in [-0.15, -0.1) is 0 Å². The van der Waals surface area contributed by atoms with E-state index in [-0.39, 0.29) is 30.1 Å². The Morgan fingerprint density at radius 3 is 2.61 bits per heavy atom. The molecule has 1 rings (SSSR count). The fraction of sp³-hybridized carbons (Fsp3) is 0.333. The summed E-state index contributed by atoms with van der Waals surface area (Å²) in [5.41, 5.74) is -1.11. The Labute approximate surface area is 102 Å². The molecular formula is C12H10F3NO2. The van der Waals surface area contributed by atoms with Gasteiger partial charge in [0.2, 0.25) is 0 Å². The van der Waals surface area contributed by atoms with Gasteiger partial charge in [0.05, 0.1) is 23.8 Å². The van der Waals surface area contributed by atoms with Gasteiger partial charge < -0.3 is 4.74 Å². The minimum atomic E-state index is -4.60. The lowest BCUT2D eigenvalue weighted by atomic mass is 10.1. The van der Waals surface area contributed by atoms with Gasteiger partial charge in [-0.3, -0.25) is 4.79 Å². The molecule has 0 unspecified atom stereocenters. The van der Waals surface area contributed by atoms with Crippen LogP contribution in [0.3, 0.4) is 0 Å². The van der Waals surface area contributed by atoms with E-state index in [9.17, 15) is 18.0 Å². The standard InChI is InChI=1S/C12H10F3NO2/c1-8(17)4-5-18-11-3-2-9(7-16)6-10(11)12(13,14)15/h2-3,6H,4-5H2,1H3. The Morgan fingerprint density at radius 2 is 2.11 bits per heavy atom. The van der Waals surface area contributed by atoms with Crippen molar-refractivity contribution < 1.29 is 22.7 Å². The first-order valence-corrected chi connectivity index (χ1v) is 5.08. The van der Waals surface area contributed by atoms with Crippen LogP contribution in [0.25, 0.3) is 0 Å². The second kappa shape index (κ2) is 5.54. The molecule has 0 N–H and O–H groups in total. The molecule has 1 aromatic rings. The van der Waals surface area contributed by atoms with E-state index in [0.29, 0.717) is 0 Å². The topological polar surface area (TPSA) is 50.1 Å². The third-order valence-electron chi connectivity index (χ3n) is 2.13. The van der Waals surface area contributed by atoms with E-state index < -0.39 is 11.7 Å². The summed E-state index contributed by atoms with van der Waals surface area (Å²) < 4.78 is 43.0. The van der Waals surface area contributed by atoms with E-state index in [1.807, 2.05) is 0 Å². The lowest BCUT2D eigenvalue weighted by molar-refractivity contribution is -0.138. The number of rotatable bonds is 4. The van der Waals surface area contributed by atoms with Crippen LogP contribution in [-0.2, 0) is 11.0 Å². The molecule has 0 radical (unpaired) electrons. The Morgan fingerprint density at radius 1 is 1.44 bits per heavy atom. The SMILES string of the molecule is CC(=O)CCOc1ccc(C#N)cc1C(F)(F)F. The largest absolute Gasteiger partial charge is 0.492 e. The predicted molar refractivity (Wildman–Crippen MR) is 57.0 cm³/mol. The van der Waals surface area contributed by atoms with Crippen LogP contribution < -0.4 is 4.74 Å². The number of Topliss-reactive ketones (excluding diaryl/α,β-unsaturated/α-hetero) is 1. The van der Waals surface area contributed by atoms with Crippen molar-refractivity contribution >= 4 is 5.78 Å². The molecule has 96 valence electrons. The van der Waals surface area contributed by atoms with Crippen molar-refractivity contribution in [2.24, 2.45) is 0 Å². The summed E-state index contributed by atoms with van der Waals surface area (Å²) in [6.07, 6.45) is -4.56. The molecule has 1 aromatic carbocycles. The number of alkyl halides is 3. The number of hydrogen-bond donors (Lipinski definition) is 0. The van der Waals surface area contributed by atoms with Crippen LogP contribution >= 0.6 is 0 Å². The maximum Gasteiger partial charge on any atom is 0.420 e. The van der Waals surface area contributed by atoms with Crippen LogP contribution in [0.1, 0.15) is 24.5 Å². The Kier molecular flexibility index (Phi) is 4.32. The molecule has 0 atom stereocenters. The van der Waals surface area contributed by atoms with Crippen LogP contribution in [0.5, 0.6) is 5.75 Å². The van der Waals surface area contributed by atoms with E-state index >= 15 is 0 Å². The predicted octanol–water partition coefficient (Wildman–Crippen LogP) is 2.93. The maximum absolute atomic E-state index is 12.7. The number of carbonyl (C=O) groups is 1. The summed E-state index contributed by atoms with van der Waals surface area (Å²) in [5, 5.41) is 8.56. The number of carbonyl (C=O) groups excluding carboxylic acids is 1. The van der Waals surface area contributed by atoms with E-state index in [0.717, 1.165) is 12.1 Å². The summed E-state index contributed by atoms with van der Waals surface area (Å²) in [7, 11) is 0. The first kappa shape index (κ1) is 14.0. The molecule has 0 amide bonds. The molecule has 18 heavy (non-hydrogen) atoms. The van der Waals surface area contributed by atoms with Crippen molar-refractivity contribution in [3.8, 4) is 11.8 Å². The van der Waals surface area contributed by atoms with Crippen molar-refractivity contribution in [3.05, 3.63) is 29.3 Å². The van der Waals surface area contributed by atoms with Gasteiger partial charge in [-0.1, -0.05) is 0 Å². The van der Waals surface area contributed by atoms with Gasteiger partial charge in [-0.05, 0) is 25.1 Å². The molecule has 0 bridgehead atoms. The Hall–Kier alpha value is -2.03. The molecule has 0 aromatic heterocycles. The van der Waals surface area contributed by atoms with Gasteiger partial charge in [0.1, 0.15) is 11.5 Å². The average Bonchev–Trinajstić information content (AvgIpc) is 2.27. The minimum absolute atomic E-state index is 0.0390. The highest BCUT2D eigenvalue weighted by molar-refractivity contribution is 5.75. The lowest BCUT2D eigenvalue weighted by Gasteiger charge is -2.13. The van der Waals surface area contributed by atoms with Gasteiger partial charge in [-0.25, -0.2) is 0 Å². The number of hydrogen-bond acceptors (Lipinski definition) is 3. The van der Waals surface area contributed by atoms with Crippen LogP contribution in [0.4, 0.5) is 13.2 Å². The minimum Gasteiger partial charge on any atom is -0.492 e. The van der Waals surface area contributed by atoms with Crippen LogP contribution in [0.15, 0.2) is 18.2 Å². The van der Waals surface area contributed by atoms with Gasteiger partial charge in [0, 0.05) is 6.42 Å². The lowest BCUT2D eigenvalue weighted by Crippen LogP contribution is -2.11. The third-order valence-corrected chi connectivity index (χ3v) is 2.13. The van der Waals surface area contributed by atoms with Gasteiger partial charge in [0.15, 0.2) is 0 Å². The van der Waals surface area contributed by atoms with Crippen molar-refractivity contribution in [3.63, 3.8) is 0 Å². The number of nitrogens with zero attached hydrogens (tertiary/aromatic N) is 1. The zero-order chi connectivity index (χ0) is 13.8. The summed E-state index contributed by atoms with van der Waals surface area (Å²) >= 11 is 0. The molecular weight excluding hydrogens is 247 g/mol. The molecule has 0 saturated carbocycles. The Bertz CT molecular complexity index is 489. The highest BCUT2D eigenvalue weighted by atomic mass is 19.4. The Balaban J connectivity index is 2.97. The van der Waals surface area contributed by atoms with Crippen molar-refractivity contribution in [1.82, 2.24) is 0 Å². The quantitative estimate of drug-likeness (QED) is 0.833. The molecule has 0 fully saturated rings. The monoisotopic (exact) mass is 257 g/mol. The summed E-state index contributed by atoms with van der Waals surface area (Å²) in [5.74, 6) is -0.542. The molecule has 0 heterocycles. The number of nitriles is 1. The van der Waals surface area contributed by atoms with E-state index in [1.165, 1.54) is 13.0 Å². The van der Waals surface area contributed by atoms with Crippen LogP contribution in [0.2, 0.25) is 0 Å². The number of ether oxygens (including phenoxy) is 1. The fourth-order valence-electron chi connectivity index (χ4n) is 1.25. The summed E-state index contributed by atoms with van der Waals surface area (Å²) in [6, 6.07) is 4.68. The molecule has 0 saturated heterocycles. The van der Waals surface area contributed by atoms with Gasteiger partial charge >= 0.3 is 6.18 Å². The second-order valence-electron chi connectivity index (χ2n) is 3.62. The van der Waals surface area contributed by atoms with Gasteiger partial charge in [-0.2, -0.15) is 18.4 Å². The number of ketones is 1. The van der Waals surface area contributed by atoms with Crippen molar-refractivity contribution in [2.45, 2.75) is 19.5 Å². The summed E-state index contributed by atoms with van der Waals surface area (Å²) in [6.45, 7) is 1.21. The third kappa shape index (κ3) is 3.77. The second-order valence-corrected chi connectivity index (χ2v) is 3.62. The fourth-order valence-corrected chi connectivity index (χ4v) is 1.25.